The van der Waals surface area contributed by atoms with E-state index in [1.807, 2.05) is 125 Å². The van der Waals surface area contributed by atoms with Crippen LogP contribution in [0.1, 0.15) is 47.5 Å². The Morgan fingerprint density at radius 1 is 0.545 bits per heavy atom. The Hall–Kier alpha value is -10.2. The topological polar surface area (TPSA) is 275 Å². The van der Waals surface area contributed by atoms with Crippen molar-refractivity contribution in [2.45, 2.75) is 39.9 Å². The van der Waals surface area contributed by atoms with E-state index in [2.05, 4.69) is 42.7 Å². The molecule has 8 rings (SSSR count). The highest BCUT2D eigenvalue weighted by Crippen LogP contribution is 2.38. The van der Waals surface area contributed by atoms with Crippen LogP contribution in [0.2, 0.25) is 10.0 Å². The highest BCUT2D eigenvalue weighted by atomic mass is 35.5. The standard InChI is InChI=1S/2C31H30ClN5O3.C4H4O4/c2*1-4-39-30-17-28-26(15-21(30)14-25(38)9-7-13-37(2)3)31(22(18-33)19-35-28)36-23-10-11-29(27(32)16-23)40-20-24-8-5-6-12-34-24;5-3(6)1-2-4(7)8/h2*5-12,15-17,19H,4,13-14,20H2,1-3H3,(H,35,36);1-2H,(H,5,6)(H,7,8)/b2*9-7+;2-1-. The molecule has 22 heteroatoms. The van der Waals surface area contributed by atoms with Crippen molar-refractivity contribution >= 4 is 91.3 Å². The second-order valence-electron chi connectivity index (χ2n) is 19.5. The molecule has 4 aromatic carbocycles. The number of allylic oxidation sites excluding steroid dienone is 2. The lowest BCUT2D eigenvalue weighted by atomic mass is 10.0. The lowest BCUT2D eigenvalue weighted by Gasteiger charge is -2.16. The summed E-state index contributed by atoms with van der Waals surface area (Å²) in [6, 6.07) is 33.6. The van der Waals surface area contributed by atoms with E-state index in [9.17, 15) is 29.7 Å². The molecule has 452 valence electrons. The van der Waals surface area contributed by atoms with Crippen LogP contribution in [-0.2, 0) is 45.2 Å². The second-order valence-corrected chi connectivity index (χ2v) is 20.3. The zero-order valence-electron chi connectivity index (χ0n) is 49.2. The molecule has 0 radical (unpaired) electrons. The molecule has 0 saturated heterocycles. The summed E-state index contributed by atoms with van der Waals surface area (Å²) in [5.74, 6) is -0.400. The van der Waals surface area contributed by atoms with Crippen molar-refractivity contribution in [3.63, 3.8) is 0 Å². The lowest BCUT2D eigenvalue weighted by Crippen LogP contribution is -2.11. The van der Waals surface area contributed by atoms with E-state index >= 15 is 0 Å². The number of carboxylic acid groups (broad SMARTS) is 2. The summed E-state index contributed by atoms with van der Waals surface area (Å²) in [7, 11) is 7.76. The Kier molecular flexibility index (Phi) is 25.9. The molecular formula is C66H64Cl2N10O10. The third-order valence-electron chi connectivity index (χ3n) is 12.2. The van der Waals surface area contributed by atoms with Crippen molar-refractivity contribution in [3.05, 3.63) is 202 Å². The molecule has 0 amide bonds. The molecule has 0 spiro atoms. The number of fused-ring (bicyclic) bond motifs is 2. The highest BCUT2D eigenvalue weighted by molar-refractivity contribution is 6.32. The molecule has 0 bridgehead atoms. The van der Waals surface area contributed by atoms with Crippen molar-refractivity contribution in [1.29, 1.82) is 10.5 Å². The Morgan fingerprint density at radius 3 is 1.28 bits per heavy atom. The maximum absolute atomic E-state index is 12.7. The maximum Gasteiger partial charge on any atom is 0.328 e. The van der Waals surface area contributed by atoms with Gasteiger partial charge in [0, 0.05) is 108 Å². The van der Waals surface area contributed by atoms with Gasteiger partial charge >= 0.3 is 11.9 Å². The van der Waals surface area contributed by atoms with Gasteiger partial charge in [-0.3, -0.25) is 29.5 Å². The Bertz CT molecular complexity index is 3670. The molecule has 0 aliphatic heterocycles. The molecule has 20 nitrogen and oxygen atoms in total. The van der Waals surface area contributed by atoms with Gasteiger partial charge in [-0.05, 0) is 127 Å². The average molecular weight is 1230 g/mol. The summed E-state index contributed by atoms with van der Waals surface area (Å²) in [6.07, 6.45) is 14.7. The quantitative estimate of drug-likeness (QED) is 0.0367. The molecule has 4 heterocycles. The number of nitrogens with one attached hydrogen (secondary N) is 2. The first kappa shape index (κ1) is 66.9. The predicted molar refractivity (Wildman–Crippen MR) is 339 cm³/mol. The summed E-state index contributed by atoms with van der Waals surface area (Å²) in [6.45, 7) is 6.57. The predicted octanol–water partition coefficient (Wildman–Crippen LogP) is 11.9. The second kappa shape index (κ2) is 34.1. The molecule has 88 heavy (non-hydrogen) atoms. The average Bonchev–Trinajstić information content (AvgIpc) is 1.17. The van der Waals surface area contributed by atoms with Crippen LogP contribution in [0.5, 0.6) is 23.0 Å². The van der Waals surface area contributed by atoms with Gasteiger partial charge in [0.1, 0.15) is 48.4 Å². The van der Waals surface area contributed by atoms with Crippen molar-refractivity contribution in [1.82, 2.24) is 29.7 Å². The van der Waals surface area contributed by atoms with Crippen LogP contribution in [0.3, 0.4) is 0 Å². The molecule has 8 aromatic rings. The van der Waals surface area contributed by atoms with Gasteiger partial charge in [0.05, 0.1) is 68.2 Å². The van der Waals surface area contributed by atoms with Crippen LogP contribution < -0.4 is 29.6 Å². The molecule has 0 fully saturated rings. The monoisotopic (exact) mass is 1230 g/mol. The van der Waals surface area contributed by atoms with Crippen molar-refractivity contribution in [2.75, 3.05) is 65.1 Å². The van der Waals surface area contributed by atoms with Crippen molar-refractivity contribution in [2.24, 2.45) is 0 Å². The van der Waals surface area contributed by atoms with E-state index in [4.69, 9.17) is 52.4 Å². The summed E-state index contributed by atoms with van der Waals surface area (Å²) in [5, 5.41) is 44.2. The number of nitriles is 2. The largest absolute Gasteiger partial charge is 0.494 e. The summed E-state index contributed by atoms with van der Waals surface area (Å²) < 4.78 is 23.4. The minimum Gasteiger partial charge on any atom is -0.494 e. The molecule has 0 aliphatic carbocycles. The molecule has 4 aromatic heterocycles. The number of carbonyl (C=O) groups is 4. The van der Waals surface area contributed by atoms with Crippen molar-refractivity contribution < 1.29 is 48.3 Å². The smallest absolute Gasteiger partial charge is 0.328 e. The number of ketones is 2. The number of rotatable bonds is 26. The third kappa shape index (κ3) is 20.8. The normalized spacial score (nSPS) is 11.0. The van der Waals surface area contributed by atoms with Gasteiger partial charge in [0.25, 0.3) is 0 Å². The van der Waals surface area contributed by atoms with Crippen molar-refractivity contribution in [3.8, 4) is 35.1 Å². The number of aromatic nitrogens is 4. The highest BCUT2D eigenvalue weighted by Gasteiger charge is 2.19. The van der Waals surface area contributed by atoms with E-state index in [-0.39, 0.29) is 37.6 Å². The van der Waals surface area contributed by atoms with Crippen LogP contribution in [0.25, 0.3) is 21.8 Å². The summed E-state index contributed by atoms with van der Waals surface area (Å²) in [5.41, 5.74) is 7.42. The Balaban J connectivity index is 0.000000250. The number of benzene rings is 4. The number of nitrogens with zero attached hydrogens (tertiary/aromatic N) is 8. The van der Waals surface area contributed by atoms with Gasteiger partial charge in [0.2, 0.25) is 0 Å². The van der Waals surface area contributed by atoms with Crippen LogP contribution in [0, 0.1) is 22.7 Å². The fourth-order valence-electron chi connectivity index (χ4n) is 8.20. The number of hydrogen-bond donors (Lipinski definition) is 4. The number of carbonyl (C=O) groups excluding carboxylic acids is 2. The SMILES string of the molecule is CCOc1cc2ncc(C#N)c(Nc3ccc(OCc4ccccn4)c(Cl)c3)c2cc1CC(=O)/C=C/CN(C)C.CCOc1cc2ncc(C#N)c(Nc3ccc(OCc4ccccn4)c(Cl)c3)c2cc1CC(=O)/C=C/CN(C)C.O=C(O)/C=C\C(=O)O. The zero-order valence-corrected chi connectivity index (χ0v) is 50.7. The molecular weight excluding hydrogens is 1160 g/mol. The number of ether oxygens (including phenoxy) is 4. The van der Waals surface area contributed by atoms with Crippen LogP contribution in [-0.4, -0.2) is 118 Å². The number of pyridine rings is 4. The van der Waals surface area contributed by atoms with Crippen LogP contribution in [0.15, 0.2) is 158 Å². The first-order chi connectivity index (χ1) is 42.4. The Labute approximate surface area is 519 Å². The number of carboxylic acids is 2. The zero-order chi connectivity index (χ0) is 63.5. The van der Waals surface area contributed by atoms with Crippen LogP contribution >= 0.6 is 23.2 Å². The minimum absolute atomic E-state index is 0.0471. The Morgan fingerprint density at radius 2 is 0.955 bits per heavy atom. The maximum atomic E-state index is 12.7. The molecule has 0 unspecified atom stereocenters. The number of anilines is 4. The van der Waals surface area contributed by atoms with Crippen LogP contribution in [0.4, 0.5) is 22.7 Å². The molecule has 4 N–H and O–H groups in total. The summed E-state index contributed by atoms with van der Waals surface area (Å²) >= 11 is 13.1. The molecule has 0 aliphatic rings. The third-order valence-corrected chi connectivity index (χ3v) is 12.8. The van der Waals surface area contributed by atoms with E-state index in [0.29, 0.717) is 138 Å². The number of halogens is 2. The first-order valence-corrected chi connectivity index (χ1v) is 28.1. The fraction of sp³-hybridized carbons (Fsp3) is 0.212. The van der Waals surface area contributed by atoms with E-state index in [1.54, 1.807) is 60.9 Å². The molecule has 0 saturated carbocycles. The van der Waals surface area contributed by atoms with Gasteiger partial charge in [-0.1, -0.05) is 47.5 Å². The van der Waals surface area contributed by atoms with Gasteiger partial charge < -0.3 is 49.6 Å². The number of aliphatic carboxylic acids is 2. The first-order valence-electron chi connectivity index (χ1n) is 27.4. The van der Waals surface area contributed by atoms with E-state index in [1.165, 1.54) is 12.4 Å². The van der Waals surface area contributed by atoms with Gasteiger partial charge in [-0.25, -0.2) is 9.59 Å². The number of hydrogen-bond acceptors (Lipinski definition) is 18. The minimum atomic E-state index is -1.26. The van der Waals surface area contributed by atoms with Gasteiger partial charge in [-0.15, -0.1) is 0 Å². The molecule has 0 atom stereocenters. The summed E-state index contributed by atoms with van der Waals surface area (Å²) in [4.78, 5) is 66.0. The lowest BCUT2D eigenvalue weighted by molar-refractivity contribution is -0.134. The van der Waals surface area contributed by atoms with Gasteiger partial charge in [-0.2, -0.15) is 10.5 Å². The van der Waals surface area contributed by atoms with E-state index < -0.39 is 11.9 Å². The number of likely N-dealkylation sites (N-methyl/N-ethyl adjacent to an activating group) is 2. The van der Waals surface area contributed by atoms with Gasteiger partial charge in [0.15, 0.2) is 11.6 Å². The fourth-order valence-corrected chi connectivity index (χ4v) is 8.67. The van der Waals surface area contributed by atoms with E-state index in [0.717, 1.165) is 11.4 Å².